The highest BCUT2D eigenvalue weighted by molar-refractivity contribution is 7.89. The number of sulfonamides is 1. The highest BCUT2D eigenvalue weighted by atomic mass is 32.2. The SMILES string of the molecule is CC(NS(=O)(=O)c1ccccc1C#N)C(O)c1ccc(F)cc1. The summed E-state index contributed by atoms with van der Waals surface area (Å²) in [7, 11) is -3.97. The molecule has 0 fully saturated rings. The monoisotopic (exact) mass is 334 g/mol. The zero-order valence-corrected chi connectivity index (χ0v) is 13.1. The summed E-state index contributed by atoms with van der Waals surface area (Å²) >= 11 is 0. The number of aliphatic hydroxyl groups excluding tert-OH is 1. The van der Waals surface area contributed by atoms with E-state index in [0.29, 0.717) is 5.56 Å². The number of nitrogens with zero attached hydrogens (tertiary/aromatic N) is 1. The van der Waals surface area contributed by atoms with Gasteiger partial charge >= 0.3 is 0 Å². The molecule has 120 valence electrons. The van der Waals surface area contributed by atoms with Crippen LogP contribution in [-0.2, 0) is 10.0 Å². The number of hydrogen-bond acceptors (Lipinski definition) is 4. The molecule has 0 aliphatic heterocycles. The Balaban J connectivity index is 2.23. The molecule has 2 unspecified atom stereocenters. The van der Waals surface area contributed by atoms with E-state index in [2.05, 4.69) is 4.72 Å². The zero-order valence-electron chi connectivity index (χ0n) is 12.3. The van der Waals surface area contributed by atoms with Gasteiger partial charge in [0.1, 0.15) is 11.9 Å². The van der Waals surface area contributed by atoms with Crippen LogP contribution in [0.15, 0.2) is 53.4 Å². The summed E-state index contributed by atoms with van der Waals surface area (Å²) in [5, 5.41) is 19.2. The van der Waals surface area contributed by atoms with E-state index in [1.807, 2.05) is 6.07 Å². The molecule has 0 heterocycles. The number of benzene rings is 2. The molecule has 5 nitrogen and oxygen atoms in total. The third kappa shape index (κ3) is 3.93. The number of hydrogen-bond donors (Lipinski definition) is 2. The number of nitrogens with one attached hydrogen (secondary N) is 1. The van der Waals surface area contributed by atoms with Gasteiger partial charge in [0, 0.05) is 6.04 Å². The molecule has 0 aliphatic rings. The van der Waals surface area contributed by atoms with Gasteiger partial charge in [-0.05, 0) is 36.8 Å². The van der Waals surface area contributed by atoms with Crippen LogP contribution >= 0.6 is 0 Å². The van der Waals surface area contributed by atoms with Crippen molar-refractivity contribution >= 4 is 10.0 Å². The van der Waals surface area contributed by atoms with Crippen LogP contribution in [0.4, 0.5) is 4.39 Å². The fourth-order valence-corrected chi connectivity index (χ4v) is 3.52. The topological polar surface area (TPSA) is 90.2 Å². The third-order valence-electron chi connectivity index (χ3n) is 3.32. The molecule has 0 saturated carbocycles. The summed E-state index contributed by atoms with van der Waals surface area (Å²) in [6.07, 6.45) is -1.15. The zero-order chi connectivity index (χ0) is 17.0. The summed E-state index contributed by atoms with van der Waals surface area (Å²) in [6, 6.07) is 11.9. The standard InChI is InChI=1S/C16H15FN2O3S/c1-11(16(20)12-6-8-14(17)9-7-12)19-23(21,22)15-5-3-2-4-13(15)10-18/h2-9,11,16,19-20H,1H3. The van der Waals surface area contributed by atoms with Gasteiger partial charge in [0.15, 0.2) is 0 Å². The van der Waals surface area contributed by atoms with E-state index >= 15 is 0 Å². The molecular weight excluding hydrogens is 319 g/mol. The molecule has 2 atom stereocenters. The van der Waals surface area contributed by atoms with E-state index in [1.54, 1.807) is 6.07 Å². The number of halogens is 1. The van der Waals surface area contributed by atoms with E-state index in [4.69, 9.17) is 5.26 Å². The average Bonchev–Trinajstić information content (AvgIpc) is 2.54. The van der Waals surface area contributed by atoms with Crippen molar-refractivity contribution in [2.45, 2.75) is 24.0 Å². The fourth-order valence-electron chi connectivity index (χ4n) is 2.11. The normalized spacial score (nSPS) is 14.0. The maximum absolute atomic E-state index is 12.9. The molecule has 2 N–H and O–H groups in total. The van der Waals surface area contributed by atoms with Crippen molar-refractivity contribution in [2.75, 3.05) is 0 Å². The van der Waals surface area contributed by atoms with E-state index in [9.17, 15) is 17.9 Å². The Bertz CT molecular complexity index is 829. The van der Waals surface area contributed by atoms with Crippen molar-refractivity contribution in [1.82, 2.24) is 4.72 Å². The predicted molar refractivity (Wildman–Crippen MR) is 82.3 cm³/mol. The highest BCUT2D eigenvalue weighted by Crippen LogP contribution is 2.20. The van der Waals surface area contributed by atoms with Crippen LogP contribution < -0.4 is 4.72 Å². The van der Waals surface area contributed by atoms with Crippen LogP contribution in [0.5, 0.6) is 0 Å². The minimum atomic E-state index is -3.97. The van der Waals surface area contributed by atoms with Crippen LogP contribution in [0, 0.1) is 17.1 Å². The minimum absolute atomic E-state index is 0.0171. The first-order valence-corrected chi connectivity index (χ1v) is 8.28. The number of nitriles is 1. The van der Waals surface area contributed by atoms with Crippen molar-refractivity contribution < 1.29 is 17.9 Å². The van der Waals surface area contributed by atoms with Crippen LogP contribution in [-0.4, -0.2) is 19.6 Å². The molecule has 0 amide bonds. The maximum Gasteiger partial charge on any atom is 0.242 e. The van der Waals surface area contributed by atoms with E-state index < -0.39 is 28.0 Å². The summed E-state index contributed by atoms with van der Waals surface area (Å²) < 4.78 is 40.0. The summed E-state index contributed by atoms with van der Waals surface area (Å²) in [6.45, 7) is 1.49. The van der Waals surface area contributed by atoms with Gasteiger partial charge in [-0.25, -0.2) is 17.5 Å². The lowest BCUT2D eigenvalue weighted by Crippen LogP contribution is -2.37. The average molecular weight is 334 g/mol. The lowest BCUT2D eigenvalue weighted by molar-refractivity contribution is 0.146. The smallest absolute Gasteiger partial charge is 0.242 e. The predicted octanol–water partition coefficient (Wildman–Crippen LogP) is 2.10. The lowest BCUT2D eigenvalue weighted by Gasteiger charge is -2.21. The number of rotatable bonds is 5. The molecule has 0 bridgehead atoms. The quantitative estimate of drug-likeness (QED) is 0.876. The highest BCUT2D eigenvalue weighted by Gasteiger charge is 2.25. The Morgan fingerprint density at radius 1 is 1.17 bits per heavy atom. The van der Waals surface area contributed by atoms with Crippen LogP contribution in [0.1, 0.15) is 24.2 Å². The summed E-state index contributed by atoms with van der Waals surface area (Å²) in [5.41, 5.74) is 0.402. The number of aliphatic hydroxyl groups is 1. The molecule has 0 aliphatic carbocycles. The molecule has 7 heteroatoms. The van der Waals surface area contributed by atoms with Crippen molar-refractivity contribution in [1.29, 1.82) is 5.26 Å². The van der Waals surface area contributed by atoms with Gasteiger partial charge in [0.05, 0.1) is 16.6 Å². The van der Waals surface area contributed by atoms with E-state index in [0.717, 1.165) is 0 Å². The largest absolute Gasteiger partial charge is 0.387 e. The van der Waals surface area contributed by atoms with Crippen molar-refractivity contribution in [3.05, 3.63) is 65.5 Å². The Morgan fingerprint density at radius 2 is 1.78 bits per heavy atom. The second kappa shape index (κ2) is 6.87. The van der Waals surface area contributed by atoms with Crippen molar-refractivity contribution in [3.63, 3.8) is 0 Å². The third-order valence-corrected chi connectivity index (χ3v) is 4.94. The molecule has 2 aromatic carbocycles. The van der Waals surface area contributed by atoms with Crippen molar-refractivity contribution in [2.24, 2.45) is 0 Å². The minimum Gasteiger partial charge on any atom is -0.387 e. The second-order valence-electron chi connectivity index (χ2n) is 5.01. The fraction of sp³-hybridized carbons (Fsp3) is 0.188. The van der Waals surface area contributed by atoms with Crippen molar-refractivity contribution in [3.8, 4) is 6.07 Å². The van der Waals surface area contributed by atoms with Crippen LogP contribution in [0.2, 0.25) is 0 Å². The van der Waals surface area contributed by atoms with Gasteiger partial charge in [0.2, 0.25) is 10.0 Å². The molecule has 23 heavy (non-hydrogen) atoms. The molecule has 2 rings (SSSR count). The Labute approximate surface area is 134 Å². The van der Waals surface area contributed by atoms with Crippen LogP contribution in [0.3, 0.4) is 0 Å². The molecule has 0 spiro atoms. The molecule has 2 aromatic rings. The van der Waals surface area contributed by atoms with Gasteiger partial charge in [-0.1, -0.05) is 24.3 Å². The summed E-state index contributed by atoms with van der Waals surface area (Å²) in [4.78, 5) is -0.152. The van der Waals surface area contributed by atoms with Gasteiger partial charge in [-0.2, -0.15) is 5.26 Å². The van der Waals surface area contributed by atoms with Gasteiger partial charge < -0.3 is 5.11 Å². The van der Waals surface area contributed by atoms with Gasteiger partial charge in [-0.3, -0.25) is 0 Å². The maximum atomic E-state index is 12.9. The summed E-state index contributed by atoms with van der Waals surface area (Å²) in [5.74, 6) is -0.447. The van der Waals surface area contributed by atoms with Gasteiger partial charge in [0.25, 0.3) is 0 Å². The first kappa shape index (κ1) is 17.1. The molecule has 0 saturated heterocycles. The first-order valence-electron chi connectivity index (χ1n) is 6.80. The Kier molecular flexibility index (Phi) is 5.11. The van der Waals surface area contributed by atoms with E-state index in [-0.39, 0.29) is 10.5 Å². The van der Waals surface area contributed by atoms with E-state index in [1.165, 1.54) is 49.4 Å². The molecule has 0 aromatic heterocycles. The Morgan fingerprint density at radius 3 is 2.39 bits per heavy atom. The lowest BCUT2D eigenvalue weighted by atomic mass is 10.0. The van der Waals surface area contributed by atoms with Crippen LogP contribution in [0.25, 0.3) is 0 Å². The molecule has 0 radical (unpaired) electrons. The van der Waals surface area contributed by atoms with Gasteiger partial charge in [-0.15, -0.1) is 0 Å². The second-order valence-corrected chi connectivity index (χ2v) is 6.70. The molecular formula is C16H15FN2O3S. The Hall–Kier alpha value is -2.27. The first-order chi connectivity index (χ1) is 10.8.